The van der Waals surface area contributed by atoms with Crippen molar-refractivity contribution in [2.24, 2.45) is 5.92 Å². The van der Waals surface area contributed by atoms with Crippen LogP contribution in [0.25, 0.3) is 0 Å². The van der Waals surface area contributed by atoms with E-state index < -0.39 is 27.4 Å². The van der Waals surface area contributed by atoms with Gasteiger partial charge in [0, 0.05) is 13.0 Å². The lowest BCUT2D eigenvalue weighted by molar-refractivity contribution is -0.170. The SMILES string of the molecule is O=C(OC1CCC2CCOC2C1)C(F)(F)S(=O)(=O)[O-]. The average molecular weight is 299 g/mol. The molecule has 1 saturated heterocycles. The molecule has 1 saturated carbocycles. The fourth-order valence-electron chi connectivity index (χ4n) is 2.49. The Bertz CT molecular complexity index is 463. The summed E-state index contributed by atoms with van der Waals surface area (Å²) in [4.78, 5) is 11.1. The van der Waals surface area contributed by atoms with E-state index in [0.717, 1.165) is 6.42 Å². The number of carbonyl (C=O) groups is 1. The summed E-state index contributed by atoms with van der Waals surface area (Å²) >= 11 is 0. The van der Waals surface area contributed by atoms with Crippen LogP contribution in [-0.2, 0) is 24.4 Å². The van der Waals surface area contributed by atoms with E-state index in [9.17, 15) is 26.5 Å². The summed E-state index contributed by atoms with van der Waals surface area (Å²) in [6.07, 6.45) is 1.19. The Morgan fingerprint density at radius 1 is 1.32 bits per heavy atom. The van der Waals surface area contributed by atoms with Crippen molar-refractivity contribution in [2.45, 2.75) is 43.1 Å². The third kappa shape index (κ3) is 2.87. The van der Waals surface area contributed by atoms with Crippen LogP contribution in [0.3, 0.4) is 0 Å². The number of halogens is 2. The van der Waals surface area contributed by atoms with Gasteiger partial charge in [-0.2, -0.15) is 8.78 Å². The van der Waals surface area contributed by atoms with E-state index in [2.05, 4.69) is 4.74 Å². The van der Waals surface area contributed by atoms with Gasteiger partial charge in [-0.15, -0.1) is 0 Å². The van der Waals surface area contributed by atoms with Gasteiger partial charge in [0.25, 0.3) is 0 Å². The number of hydrogen-bond acceptors (Lipinski definition) is 6. The molecule has 0 aromatic carbocycles. The van der Waals surface area contributed by atoms with Crippen LogP contribution in [0.1, 0.15) is 25.7 Å². The van der Waals surface area contributed by atoms with Crippen LogP contribution in [0.5, 0.6) is 0 Å². The highest BCUT2D eigenvalue weighted by atomic mass is 32.2. The van der Waals surface area contributed by atoms with E-state index in [4.69, 9.17) is 4.74 Å². The predicted molar refractivity (Wildman–Crippen MR) is 56.2 cm³/mol. The molecular formula is C10H13F2O6S-. The highest BCUT2D eigenvalue weighted by Gasteiger charge is 2.50. The number of fused-ring (bicyclic) bond motifs is 1. The normalized spacial score (nSPS) is 31.8. The first-order chi connectivity index (χ1) is 8.72. The minimum Gasteiger partial charge on any atom is -0.743 e. The van der Waals surface area contributed by atoms with E-state index in [0.29, 0.717) is 25.4 Å². The fourth-order valence-corrected chi connectivity index (χ4v) is 2.74. The number of hydrogen-bond donors (Lipinski definition) is 0. The van der Waals surface area contributed by atoms with Crippen molar-refractivity contribution >= 4 is 16.1 Å². The molecule has 3 unspecified atom stereocenters. The molecule has 1 heterocycles. The van der Waals surface area contributed by atoms with Crippen molar-refractivity contribution in [1.82, 2.24) is 0 Å². The van der Waals surface area contributed by atoms with Gasteiger partial charge in [0.1, 0.15) is 6.10 Å². The fraction of sp³-hybridized carbons (Fsp3) is 0.900. The number of carbonyl (C=O) groups excluding carboxylic acids is 1. The second kappa shape index (κ2) is 4.95. The molecule has 2 aliphatic rings. The van der Waals surface area contributed by atoms with E-state index in [1.165, 1.54) is 0 Å². The quantitative estimate of drug-likeness (QED) is 0.560. The highest BCUT2D eigenvalue weighted by molar-refractivity contribution is 7.87. The summed E-state index contributed by atoms with van der Waals surface area (Å²) in [5, 5.41) is -5.04. The molecule has 2 fully saturated rings. The minimum absolute atomic E-state index is 0.149. The maximum absolute atomic E-state index is 12.9. The summed E-state index contributed by atoms with van der Waals surface area (Å²) in [7, 11) is -6.06. The molecule has 0 N–H and O–H groups in total. The van der Waals surface area contributed by atoms with Crippen LogP contribution in [0.15, 0.2) is 0 Å². The average Bonchev–Trinajstić information content (AvgIpc) is 2.74. The van der Waals surface area contributed by atoms with E-state index in [-0.39, 0.29) is 12.5 Å². The Morgan fingerprint density at radius 3 is 2.63 bits per heavy atom. The molecule has 2 rings (SSSR count). The molecule has 0 spiro atoms. The molecule has 1 aliphatic carbocycles. The highest BCUT2D eigenvalue weighted by Crippen LogP contribution is 2.36. The topological polar surface area (TPSA) is 92.7 Å². The molecule has 0 bridgehead atoms. The van der Waals surface area contributed by atoms with Crippen molar-refractivity contribution in [3.8, 4) is 0 Å². The van der Waals surface area contributed by atoms with Gasteiger partial charge in [-0.05, 0) is 25.2 Å². The molecule has 1 aliphatic heterocycles. The first-order valence-corrected chi connectivity index (χ1v) is 7.28. The maximum Gasteiger partial charge on any atom is 0.428 e. The second-order valence-corrected chi connectivity index (χ2v) is 6.19. The first-order valence-electron chi connectivity index (χ1n) is 5.87. The van der Waals surface area contributed by atoms with Gasteiger partial charge in [0.15, 0.2) is 10.1 Å². The molecule has 6 nitrogen and oxygen atoms in total. The Kier molecular flexibility index (Phi) is 3.80. The van der Waals surface area contributed by atoms with Gasteiger partial charge in [0.05, 0.1) is 6.10 Å². The maximum atomic E-state index is 12.9. The zero-order valence-electron chi connectivity index (χ0n) is 9.88. The molecule has 0 radical (unpaired) electrons. The molecule has 19 heavy (non-hydrogen) atoms. The van der Waals surface area contributed by atoms with Crippen molar-refractivity contribution in [3.63, 3.8) is 0 Å². The first kappa shape index (κ1) is 14.6. The lowest BCUT2D eigenvalue weighted by Gasteiger charge is -2.31. The molecule has 9 heteroatoms. The smallest absolute Gasteiger partial charge is 0.428 e. The van der Waals surface area contributed by atoms with Gasteiger partial charge < -0.3 is 14.0 Å². The summed E-state index contributed by atoms with van der Waals surface area (Å²) in [6, 6.07) is 0. The summed E-state index contributed by atoms with van der Waals surface area (Å²) in [5.41, 5.74) is 0. The van der Waals surface area contributed by atoms with Gasteiger partial charge in [0.2, 0.25) is 0 Å². The monoisotopic (exact) mass is 299 g/mol. The number of alkyl halides is 2. The van der Waals surface area contributed by atoms with Crippen LogP contribution >= 0.6 is 0 Å². The molecule has 3 atom stereocenters. The van der Waals surface area contributed by atoms with Crippen molar-refractivity contribution < 1.29 is 36.0 Å². The zero-order chi connectivity index (χ0) is 14.3. The molecule has 110 valence electrons. The molecular weight excluding hydrogens is 286 g/mol. The van der Waals surface area contributed by atoms with E-state index >= 15 is 0 Å². The van der Waals surface area contributed by atoms with Crippen molar-refractivity contribution in [3.05, 3.63) is 0 Å². The number of ether oxygens (including phenoxy) is 2. The number of esters is 1. The Balaban J connectivity index is 1.96. The number of rotatable bonds is 3. The van der Waals surface area contributed by atoms with Crippen LogP contribution in [0, 0.1) is 5.92 Å². The van der Waals surface area contributed by atoms with E-state index in [1.54, 1.807) is 0 Å². The minimum atomic E-state index is -6.06. The van der Waals surface area contributed by atoms with Gasteiger partial charge in [-0.3, -0.25) is 0 Å². The summed E-state index contributed by atoms with van der Waals surface area (Å²) in [6.45, 7) is 0.584. The Labute approximate surface area is 108 Å². The zero-order valence-corrected chi connectivity index (χ0v) is 10.7. The summed E-state index contributed by atoms with van der Waals surface area (Å²) in [5.74, 6) is -1.97. The largest absolute Gasteiger partial charge is 0.743 e. The summed E-state index contributed by atoms with van der Waals surface area (Å²) < 4.78 is 66.6. The van der Waals surface area contributed by atoms with Gasteiger partial charge in [-0.1, -0.05) is 0 Å². The second-order valence-electron chi connectivity index (χ2n) is 4.77. The van der Waals surface area contributed by atoms with Crippen LogP contribution < -0.4 is 0 Å². The molecule has 0 amide bonds. The van der Waals surface area contributed by atoms with Crippen molar-refractivity contribution in [1.29, 1.82) is 0 Å². The van der Waals surface area contributed by atoms with Gasteiger partial charge >= 0.3 is 11.2 Å². The lowest BCUT2D eigenvalue weighted by Crippen LogP contribution is -2.42. The molecule has 0 aromatic heterocycles. The van der Waals surface area contributed by atoms with Gasteiger partial charge in [-0.25, -0.2) is 13.2 Å². The molecule has 0 aromatic rings. The predicted octanol–water partition coefficient (Wildman–Crippen LogP) is 0.625. The third-order valence-electron chi connectivity index (χ3n) is 3.53. The lowest BCUT2D eigenvalue weighted by atomic mass is 9.84. The standard InChI is InChI=1S/C10H14F2O6S/c11-10(12,19(14,15)16)9(13)18-7-2-1-6-3-4-17-8(6)5-7/h6-8H,1-5H2,(H,14,15,16)/p-1. The Hall–Kier alpha value is -0.800. The van der Waals surface area contributed by atoms with E-state index in [1.807, 2.05) is 0 Å². The van der Waals surface area contributed by atoms with Crippen LogP contribution in [-0.4, -0.2) is 43.0 Å². The van der Waals surface area contributed by atoms with Crippen LogP contribution in [0.2, 0.25) is 0 Å². The van der Waals surface area contributed by atoms with Crippen LogP contribution in [0.4, 0.5) is 8.78 Å². The Morgan fingerprint density at radius 2 is 2.00 bits per heavy atom. The van der Waals surface area contributed by atoms with Crippen molar-refractivity contribution in [2.75, 3.05) is 6.61 Å². The third-order valence-corrected chi connectivity index (χ3v) is 4.32.